The number of hydrogen-bond donors (Lipinski definition) is 2. The number of fused-ring (bicyclic) bond motifs is 1. The molecule has 4 atom stereocenters. The van der Waals surface area contributed by atoms with Gasteiger partial charge in [0.15, 0.2) is 5.78 Å². The van der Waals surface area contributed by atoms with Gasteiger partial charge in [0, 0.05) is 17.8 Å². The largest absolute Gasteiger partial charge is 0.366 e. The zero-order chi connectivity index (χ0) is 24.6. The van der Waals surface area contributed by atoms with E-state index >= 15 is 0 Å². The molecular formula is C23H30ClN3O6S. The fourth-order valence-corrected chi connectivity index (χ4v) is 6.05. The number of halogens is 1. The lowest BCUT2D eigenvalue weighted by atomic mass is 9.78. The Balaban J connectivity index is 1.54. The van der Waals surface area contributed by atoms with Gasteiger partial charge in [0.05, 0.1) is 11.6 Å². The van der Waals surface area contributed by atoms with Crippen LogP contribution in [0.3, 0.4) is 0 Å². The van der Waals surface area contributed by atoms with Gasteiger partial charge < -0.3 is 15.0 Å². The molecule has 3 aliphatic rings. The molecule has 9 nitrogen and oxygen atoms in total. The van der Waals surface area contributed by atoms with E-state index in [2.05, 4.69) is 17.0 Å². The summed E-state index contributed by atoms with van der Waals surface area (Å²) in [6.45, 7) is 2.31. The average Bonchev–Trinajstić information content (AvgIpc) is 3.32. The number of rotatable bonds is 6. The fraction of sp³-hybridized carbons (Fsp3) is 0.609. The molecule has 1 unspecified atom stereocenters. The van der Waals surface area contributed by atoms with Crippen LogP contribution in [-0.4, -0.2) is 73.9 Å². The van der Waals surface area contributed by atoms with Crippen molar-refractivity contribution in [2.75, 3.05) is 24.1 Å². The lowest BCUT2D eigenvalue weighted by Crippen LogP contribution is -2.55. The van der Waals surface area contributed by atoms with Crippen LogP contribution in [0.4, 0.5) is 5.69 Å². The number of sulfonamides is 1. The van der Waals surface area contributed by atoms with Crippen molar-refractivity contribution in [1.82, 2.24) is 10.2 Å². The van der Waals surface area contributed by atoms with Crippen molar-refractivity contribution >= 4 is 44.9 Å². The smallest absolute Gasteiger partial charge is 0.251 e. The highest BCUT2D eigenvalue weighted by atomic mass is 35.5. The van der Waals surface area contributed by atoms with Crippen LogP contribution in [0.5, 0.6) is 0 Å². The summed E-state index contributed by atoms with van der Waals surface area (Å²) >= 11 is 6.38. The molecule has 2 amide bonds. The van der Waals surface area contributed by atoms with Crippen LogP contribution in [0, 0.1) is 11.8 Å². The Morgan fingerprint density at radius 3 is 2.41 bits per heavy atom. The van der Waals surface area contributed by atoms with E-state index < -0.39 is 39.5 Å². The van der Waals surface area contributed by atoms with Crippen LogP contribution in [0.15, 0.2) is 24.3 Å². The highest BCUT2D eigenvalue weighted by molar-refractivity contribution is 7.92. The van der Waals surface area contributed by atoms with Gasteiger partial charge in [-0.1, -0.05) is 19.8 Å². The normalized spacial score (nSPS) is 30.0. The number of nitrogens with one attached hydrogen (secondary N) is 2. The topological polar surface area (TPSA) is 122 Å². The number of hydrogen-bond acceptors (Lipinski definition) is 6. The maximum atomic E-state index is 13.7. The van der Waals surface area contributed by atoms with E-state index in [1.165, 1.54) is 29.2 Å². The number of nitrogens with zero attached hydrogens (tertiary/aromatic N) is 1. The minimum Gasteiger partial charge on any atom is -0.366 e. The summed E-state index contributed by atoms with van der Waals surface area (Å²) in [6, 6.07) is 4.49. The predicted molar refractivity (Wildman–Crippen MR) is 127 cm³/mol. The molecule has 1 aromatic rings. The Bertz CT molecular complexity index is 1050. The van der Waals surface area contributed by atoms with E-state index in [4.69, 9.17) is 16.3 Å². The summed E-state index contributed by atoms with van der Waals surface area (Å²) in [4.78, 5) is 40.7. The van der Waals surface area contributed by atoms with Crippen LogP contribution >= 0.6 is 11.6 Å². The van der Waals surface area contributed by atoms with E-state index in [1.54, 1.807) is 0 Å². The highest BCUT2D eigenvalue weighted by Crippen LogP contribution is 2.35. The van der Waals surface area contributed by atoms with Crippen LogP contribution in [0.2, 0.25) is 0 Å². The van der Waals surface area contributed by atoms with Crippen molar-refractivity contribution in [1.29, 1.82) is 0 Å². The molecule has 11 heteroatoms. The van der Waals surface area contributed by atoms with E-state index in [1.807, 2.05) is 0 Å². The Kier molecular flexibility index (Phi) is 7.21. The number of benzene rings is 1. The van der Waals surface area contributed by atoms with Crippen molar-refractivity contribution in [3.63, 3.8) is 0 Å². The summed E-state index contributed by atoms with van der Waals surface area (Å²) in [5, 5.41) is 2.43. The minimum absolute atomic E-state index is 0.0518. The number of amides is 2. The van der Waals surface area contributed by atoms with Crippen molar-refractivity contribution < 1.29 is 27.5 Å². The summed E-state index contributed by atoms with van der Waals surface area (Å²) in [7, 11) is -3.43. The third-order valence-electron chi connectivity index (χ3n) is 6.94. The van der Waals surface area contributed by atoms with Gasteiger partial charge in [0.25, 0.3) is 5.91 Å². The van der Waals surface area contributed by atoms with Crippen molar-refractivity contribution in [2.45, 2.75) is 56.2 Å². The molecule has 1 aromatic carbocycles. The molecule has 1 saturated carbocycles. The third kappa shape index (κ3) is 5.39. The first-order valence-electron chi connectivity index (χ1n) is 11.5. The monoisotopic (exact) mass is 511 g/mol. The van der Waals surface area contributed by atoms with Gasteiger partial charge in [-0.15, -0.1) is 11.6 Å². The van der Waals surface area contributed by atoms with Crippen LogP contribution in [-0.2, 0) is 24.3 Å². The Morgan fingerprint density at radius 2 is 1.79 bits per heavy atom. The maximum absolute atomic E-state index is 13.7. The van der Waals surface area contributed by atoms with Gasteiger partial charge >= 0.3 is 0 Å². The number of Topliss-reactive ketones (excluding diaryl/α,β-unsaturated/α-hetero) is 1. The minimum atomic E-state index is -3.43. The first kappa shape index (κ1) is 24.9. The molecule has 0 bridgehead atoms. The Labute approximate surface area is 204 Å². The van der Waals surface area contributed by atoms with Crippen molar-refractivity contribution in [3.05, 3.63) is 29.8 Å². The molecule has 4 rings (SSSR count). The van der Waals surface area contributed by atoms with Crippen LogP contribution in [0.25, 0.3) is 0 Å². The zero-order valence-electron chi connectivity index (χ0n) is 19.2. The quantitative estimate of drug-likeness (QED) is 0.561. The maximum Gasteiger partial charge on any atom is 0.251 e. The fourth-order valence-electron chi connectivity index (χ4n) is 5.13. The molecule has 34 heavy (non-hydrogen) atoms. The molecule has 2 aliphatic heterocycles. The number of anilines is 1. The van der Waals surface area contributed by atoms with Gasteiger partial charge in [-0.25, -0.2) is 8.42 Å². The number of likely N-dealkylation sites (tertiary alicyclic amines) is 1. The van der Waals surface area contributed by atoms with Gasteiger partial charge in [0.1, 0.15) is 24.8 Å². The van der Waals surface area contributed by atoms with Gasteiger partial charge in [-0.2, -0.15) is 0 Å². The molecule has 2 N–H and O–H groups in total. The summed E-state index contributed by atoms with van der Waals surface area (Å²) < 4.78 is 30.7. The second-order valence-electron chi connectivity index (χ2n) is 9.62. The lowest BCUT2D eigenvalue weighted by molar-refractivity contribution is -0.139. The summed E-state index contributed by atoms with van der Waals surface area (Å²) in [5.74, 6) is -0.400. The number of alkyl halides is 1. The molecule has 0 spiro atoms. The zero-order valence-corrected chi connectivity index (χ0v) is 20.8. The van der Waals surface area contributed by atoms with Crippen LogP contribution < -0.4 is 10.0 Å². The first-order valence-corrected chi connectivity index (χ1v) is 13.8. The SMILES string of the molecule is CC1CCC(C(NC(=O)c2ccc(NS(C)(=O)=O)cc2)C(=O)N2C[C@H](Cl)[C@H]3OCC(=O)[C@H]32)CC1. The average molecular weight is 512 g/mol. The lowest BCUT2D eigenvalue weighted by Gasteiger charge is -2.35. The van der Waals surface area contributed by atoms with E-state index in [9.17, 15) is 22.8 Å². The second kappa shape index (κ2) is 9.83. The van der Waals surface area contributed by atoms with E-state index in [0.717, 1.165) is 31.9 Å². The van der Waals surface area contributed by atoms with Crippen molar-refractivity contribution in [3.8, 4) is 0 Å². The first-order chi connectivity index (χ1) is 16.0. The molecule has 2 heterocycles. The molecular weight excluding hydrogens is 482 g/mol. The van der Waals surface area contributed by atoms with Crippen molar-refractivity contribution in [2.24, 2.45) is 11.8 Å². The molecule has 2 saturated heterocycles. The number of ketones is 1. The van der Waals surface area contributed by atoms with E-state index in [-0.39, 0.29) is 30.8 Å². The number of carbonyl (C=O) groups is 3. The Hall–Kier alpha value is -2.17. The highest BCUT2D eigenvalue weighted by Gasteiger charge is 2.53. The number of ether oxygens (including phenoxy) is 1. The van der Waals surface area contributed by atoms with E-state index in [0.29, 0.717) is 17.2 Å². The van der Waals surface area contributed by atoms with Gasteiger partial charge in [0.2, 0.25) is 15.9 Å². The van der Waals surface area contributed by atoms with Gasteiger partial charge in [-0.05, 0) is 48.9 Å². The van der Waals surface area contributed by atoms with Crippen LogP contribution in [0.1, 0.15) is 43.0 Å². The molecule has 3 fully saturated rings. The molecule has 186 valence electrons. The third-order valence-corrected chi connectivity index (χ3v) is 7.93. The summed E-state index contributed by atoms with van der Waals surface area (Å²) in [6.07, 6.45) is 4.04. The standard InChI is InChI=1S/C23H30ClN3O6S/c1-13-3-5-14(6-4-13)19(23(30)27-11-17(24)21-20(27)18(28)12-33-21)25-22(29)15-7-9-16(10-8-15)26-34(2,31)32/h7-10,13-14,17,19-21,26H,3-6,11-12H2,1-2H3,(H,25,29)/t13?,14?,17-,19?,20+,21+/m0/s1. The molecule has 1 aliphatic carbocycles. The predicted octanol–water partition coefficient (Wildman–Crippen LogP) is 1.77. The molecule has 0 aromatic heterocycles. The van der Waals surface area contributed by atoms with Gasteiger partial charge in [-0.3, -0.25) is 19.1 Å². The molecule has 0 radical (unpaired) electrons. The Morgan fingerprint density at radius 1 is 1.15 bits per heavy atom. The number of carbonyl (C=O) groups excluding carboxylic acids is 3. The summed E-state index contributed by atoms with van der Waals surface area (Å²) in [5.41, 5.74) is 0.639. The second-order valence-corrected chi connectivity index (χ2v) is 11.9.